The first-order valence-electron chi connectivity index (χ1n) is 6.94. The maximum Gasteiger partial charge on any atom is 0.199 e. The molecule has 0 aliphatic carbocycles. The highest BCUT2D eigenvalue weighted by Crippen LogP contribution is 2.30. The van der Waals surface area contributed by atoms with E-state index >= 15 is 0 Å². The monoisotopic (exact) mass is 281 g/mol. The van der Waals surface area contributed by atoms with Crippen LogP contribution >= 0.6 is 0 Å². The van der Waals surface area contributed by atoms with Crippen LogP contribution in [-0.2, 0) is 0 Å². The fraction of sp³-hybridized carbons (Fsp3) is 0.333. The summed E-state index contributed by atoms with van der Waals surface area (Å²) in [6, 6.07) is 4.10. The van der Waals surface area contributed by atoms with Gasteiger partial charge in [0.25, 0.3) is 0 Å². The number of nitrogens with zero attached hydrogens (tertiary/aromatic N) is 4. The van der Waals surface area contributed by atoms with E-state index in [1.54, 1.807) is 6.20 Å². The van der Waals surface area contributed by atoms with Crippen molar-refractivity contribution < 1.29 is 4.42 Å². The van der Waals surface area contributed by atoms with E-state index in [0.29, 0.717) is 23.8 Å². The lowest BCUT2D eigenvalue weighted by Gasteiger charge is -2.07. The minimum absolute atomic E-state index is 0.0392. The molecule has 0 radical (unpaired) electrons. The summed E-state index contributed by atoms with van der Waals surface area (Å²) in [7, 11) is 0. The molecule has 0 spiro atoms. The Morgan fingerprint density at radius 3 is 3.10 bits per heavy atom. The maximum atomic E-state index is 8.92. The summed E-state index contributed by atoms with van der Waals surface area (Å²) in [4.78, 5) is 15.8. The van der Waals surface area contributed by atoms with Gasteiger partial charge in [0.05, 0.1) is 12.3 Å². The molecule has 1 N–H and O–H groups in total. The fourth-order valence-electron chi connectivity index (χ4n) is 2.43. The first-order chi connectivity index (χ1) is 10.3. The van der Waals surface area contributed by atoms with Crippen LogP contribution in [0.1, 0.15) is 38.0 Å². The van der Waals surface area contributed by atoms with E-state index in [9.17, 15) is 0 Å². The van der Waals surface area contributed by atoms with Crippen LogP contribution < -0.4 is 0 Å². The fourth-order valence-corrected chi connectivity index (χ4v) is 2.43. The molecule has 0 aromatic carbocycles. The van der Waals surface area contributed by atoms with Crippen LogP contribution in [0.15, 0.2) is 29.2 Å². The van der Waals surface area contributed by atoms with Crippen molar-refractivity contribution in [1.29, 1.82) is 5.26 Å². The van der Waals surface area contributed by atoms with Crippen molar-refractivity contribution in [3.8, 4) is 17.5 Å². The van der Waals surface area contributed by atoms with Gasteiger partial charge in [-0.05, 0) is 12.5 Å². The summed E-state index contributed by atoms with van der Waals surface area (Å²) in [5, 5.41) is 9.81. The molecule has 3 aromatic heterocycles. The van der Waals surface area contributed by atoms with Gasteiger partial charge in [0.15, 0.2) is 11.7 Å². The Bertz CT molecular complexity index is 783. The molecule has 0 saturated heterocycles. The highest BCUT2D eigenvalue weighted by molar-refractivity contribution is 5.88. The van der Waals surface area contributed by atoms with Gasteiger partial charge in [0.1, 0.15) is 17.7 Å². The van der Waals surface area contributed by atoms with Crippen molar-refractivity contribution >= 4 is 11.0 Å². The van der Waals surface area contributed by atoms with Crippen molar-refractivity contribution in [2.75, 3.05) is 0 Å². The van der Waals surface area contributed by atoms with Gasteiger partial charge in [0, 0.05) is 23.9 Å². The Labute approximate surface area is 121 Å². The summed E-state index contributed by atoms with van der Waals surface area (Å²) in [5.41, 5.74) is 1.48. The largest absolute Gasteiger partial charge is 0.439 e. The van der Waals surface area contributed by atoms with Crippen LogP contribution in [-0.4, -0.2) is 19.9 Å². The second-order valence-corrected chi connectivity index (χ2v) is 4.87. The van der Waals surface area contributed by atoms with Gasteiger partial charge in [-0.1, -0.05) is 13.3 Å². The number of nitriles is 1. The number of hydrogen-bond donors (Lipinski definition) is 1. The van der Waals surface area contributed by atoms with Crippen LogP contribution in [0.25, 0.3) is 22.5 Å². The summed E-state index contributed by atoms with van der Waals surface area (Å²) < 4.78 is 5.85. The van der Waals surface area contributed by atoms with Crippen LogP contribution in [0.2, 0.25) is 0 Å². The second kappa shape index (κ2) is 5.75. The first kappa shape index (κ1) is 13.3. The molecule has 21 heavy (non-hydrogen) atoms. The van der Waals surface area contributed by atoms with Crippen molar-refractivity contribution in [3.05, 3.63) is 30.7 Å². The van der Waals surface area contributed by atoms with Crippen LogP contribution in [0.5, 0.6) is 0 Å². The van der Waals surface area contributed by atoms with Gasteiger partial charge in [-0.3, -0.25) is 0 Å². The van der Waals surface area contributed by atoms with Gasteiger partial charge < -0.3 is 9.40 Å². The predicted octanol–water partition coefficient (Wildman–Crippen LogP) is 3.41. The quantitative estimate of drug-likeness (QED) is 0.773. The molecule has 0 amide bonds. The van der Waals surface area contributed by atoms with E-state index in [2.05, 4.69) is 32.9 Å². The van der Waals surface area contributed by atoms with Gasteiger partial charge in [-0.2, -0.15) is 5.26 Å². The molecule has 0 aliphatic heterocycles. The first-order valence-corrected chi connectivity index (χ1v) is 6.94. The molecule has 3 rings (SSSR count). The minimum atomic E-state index is 0.0392. The van der Waals surface area contributed by atoms with Gasteiger partial charge in [-0.15, -0.1) is 0 Å². The zero-order valence-corrected chi connectivity index (χ0v) is 11.7. The van der Waals surface area contributed by atoms with Crippen molar-refractivity contribution in [2.24, 2.45) is 0 Å². The van der Waals surface area contributed by atoms with E-state index in [4.69, 9.17) is 9.68 Å². The number of fused-ring (bicyclic) bond motifs is 1. The highest BCUT2D eigenvalue weighted by atomic mass is 16.4. The van der Waals surface area contributed by atoms with Crippen molar-refractivity contribution in [2.45, 2.75) is 32.1 Å². The summed E-state index contributed by atoms with van der Waals surface area (Å²) in [6.07, 6.45) is 7.27. The number of rotatable bonds is 5. The molecule has 1 atom stereocenters. The Morgan fingerprint density at radius 2 is 2.29 bits per heavy atom. The predicted molar refractivity (Wildman–Crippen MR) is 77.3 cm³/mol. The number of oxazole rings is 1. The average molecular weight is 281 g/mol. The van der Waals surface area contributed by atoms with Crippen LogP contribution in [0.3, 0.4) is 0 Å². The normalized spacial score (nSPS) is 12.4. The summed E-state index contributed by atoms with van der Waals surface area (Å²) in [6.45, 7) is 2.09. The maximum absolute atomic E-state index is 8.92. The van der Waals surface area contributed by atoms with Gasteiger partial charge >= 0.3 is 0 Å². The molecule has 6 nitrogen and oxygen atoms in total. The Hall–Kier alpha value is -2.68. The molecule has 0 aliphatic rings. The Balaban J connectivity index is 1.98. The van der Waals surface area contributed by atoms with Crippen molar-refractivity contribution in [1.82, 2.24) is 19.9 Å². The lowest BCUT2D eigenvalue weighted by molar-refractivity contribution is 0.438. The van der Waals surface area contributed by atoms with E-state index < -0.39 is 0 Å². The Kier molecular flexibility index (Phi) is 3.65. The second-order valence-electron chi connectivity index (χ2n) is 4.87. The van der Waals surface area contributed by atoms with Crippen molar-refractivity contribution in [3.63, 3.8) is 0 Å². The highest BCUT2D eigenvalue weighted by Gasteiger charge is 2.19. The zero-order valence-electron chi connectivity index (χ0n) is 11.7. The molecule has 1 unspecified atom stereocenters. The summed E-state index contributed by atoms with van der Waals surface area (Å²) >= 11 is 0. The van der Waals surface area contributed by atoms with Crippen LogP contribution in [0.4, 0.5) is 0 Å². The lowest BCUT2D eigenvalue weighted by atomic mass is 10.0. The van der Waals surface area contributed by atoms with E-state index in [1.807, 2.05) is 12.3 Å². The smallest absolute Gasteiger partial charge is 0.199 e. The SMILES string of the molecule is CCCC(CC#N)c1ncc(-c2ncnc3[nH]ccc23)o1. The number of aromatic nitrogens is 4. The lowest BCUT2D eigenvalue weighted by Crippen LogP contribution is -1.97. The third-order valence-corrected chi connectivity index (χ3v) is 3.43. The molecule has 0 bridgehead atoms. The molecule has 6 heteroatoms. The zero-order chi connectivity index (χ0) is 14.7. The molecule has 0 fully saturated rings. The third-order valence-electron chi connectivity index (χ3n) is 3.43. The topological polar surface area (TPSA) is 91.4 Å². The minimum Gasteiger partial charge on any atom is -0.439 e. The van der Waals surface area contributed by atoms with Gasteiger partial charge in [-0.25, -0.2) is 15.0 Å². The number of aromatic amines is 1. The third kappa shape index (κ3) is 2.50. The molecule has 0 saturated carbocycles. The van der Waals surface area contributed by atoms with Crippen LogP contribution in [0, 0.1) is 11.3 Å². The number of hydrogen-bond acceptors (Lipinski definition) is 5. The number of H-pyrrole nitrogens is 1. The molecule has 106 valence electrons. The average Bonchev–Trinajstić information content (AvgIpc) is 3.15. The summed E-state index contributed by atoms with van der Waals surface area (Å²) in [5.74, 6) is 1.25. The molecule has 3 aromatic rings. The van der Waals surface area contributed by atoms with E-state index in [1.165, 1.54) is 6.33 Å². The standard InChI is InChI=1S/C15H15N5O/c1-2-3-10(4-6-16)15-18-8-12(21-15)13-11-5-7-17-14(11)20-9-19-13/h5,7-10H,2-4H2,1H3,(H,17,19,20). The van der Waals surface area contributed by atoms with E-state index in [-0.39, 0.29) is 5.92 Å². The molecule has 3 heterocycles. The Morgan fingerprint density at radius 1 is 1.38 bits per heavy atom. The van der Waals surface area contributed by atoms with E-state index in [0.717, 1.165) is 23.9 Å². The van der Waals surface area contributed by atoms with Gasteiger partial charge in [0.2, 0.25) is 0 Å². The number of nitrogens with one attached hydrogen (secondary N) is 1. The molecular formula is C15H15N5O. The molecular weight excluding hydrogens is 266 g/mol.